The largest absolute Gasteiger partial charge is 0.379 e. The van der Waals surface area contributed by atoms with Gasteiger partial charge in [0.2, 0.25) is 5.91 Å². The van der Waals surface area contributed by atoms with Gasteiger partial charge in [0.15, 0.2) is 0 Å². The second kappa shape index (κ2) is 6.76. The quantitative estimate of drug-likeness (QED) is 0.830. The SMILES string of the molecule is CO[C@H]1CN(C(=O)Cn2nc(C)cc2C)C[C@H]1Cc1cc(C)no1. The third kappa shape index (κ3) is 3.51. The van der Waals surface area contributed by atoms with Crippen LogP contribution in [0.5, 0.6) is 0 Å². The fourth-order valence-corrected chi connectivity index (χ4v) is 3.34. The summed E-state index contributed by atoms with van der Waals surface area (Å²) in [6.07, 6.45) is 0.739. The summed E-state index contributed by atoms with van der Waals surface area (Å²) < 4.78 is 12.6. The molecule has 1 amide bonds. The van der Waals surface area contributed by atoms with Crippen molar-refractivity contribution in [3.05, 3.63) is 35.0 Å². The predicted molar refractivity (Wildman–Crippen MR) is 87.5 cm³/mol. The van der Waals surface area contributed by atoms with E-state index in [0.717, 1.165) is 29.3 Å². The van der Waals surface area contributed by atoms with E-state index in [1.807, 2.05) is 37.8 Å². The lowest BCUT2D eigenvalue weighted by Crippen LogP contribution is -2.33. The van der Waals surface area contributed by atoms with Crippen LogP contribution in [0.15, 0.2) is 16.7 Å². The third-order valence-electron chi connectivity index (χ3n) is 4.56. The zero-order chi connectivity index (χ0) is 17.3. The molecule has 1 saturated heterocycles. The summed E-state index contributed by atoms with van der Waals surface area (Å²) >= 11 is 0. The van der Waals surface area contributed by atoms with E-state index in [2.05, 4.69) is 10.3 Å². The van der Waals surface area contributed by atoms with Gasteiger partial charge in [-0.3, -0.25) is 9.48 Å². The Morgan fingerprint density at radius 1 is 1.29 bits per heavy atom. The number of aryl methyl sites for hydroxylation is 3. The van der Waals surface area contributed by atoms with Crippen molar-refractivity contribution in [1.82, 2.24) is 19.8 Å². The number of methoxy groups -OCH3 is 1. The Balaban J connectivity index is 1.64. The molecule has 0 bridgehead atoms. The highest BCUT2D eigenvalue weighted by molar-refractivity contribution is 5.76. The molecular weight excluding hydrogens is 308 g/mol. The van der Waals surface area contributed by atoms with Crippen LogP contribution in [0.1, 0.15) is 22.8 Å². The normalized spacial score (nSPS) is 20.8. The molecule has 0 N–H and O–H groups in total. The molecule has 130 valence electrons. The minimum absolute atomic E-state index is 0.0137. The summed E-state index contributed by atoms with van der Waals surface area (Å²) in [7, 11) is 1.69. The maximum atomic E-state index is 12.6. The number of nitrogens with zero attached hydrogens (tertiary/aromatic N) is 4. The Bertz CT molecular complexity index is 721. The van der Waals surface area contributed by atoms with E-state index >= 15 is 0 Å². The van der Waals surface area contributed by atoms with Gasteiger partial charge in [-0.2, -0.15) is 5.10 Å². The number of hydrogen-bond acceptors (Lipinski definition) is 5. The minimum atomic E-state index is 0.0137. The average Bonchev–Trinajstić information content (AvgIpc) is 3.20. The number of carbonyl (C=O) groups excluding carboxylic acids is 1. The van der Waals surface area contributed by atoms with Gasteiger partial charge in [0.1, 0.15) is 12.3 Å². The van der Waals surface area contributed by atoms with Crippen LogP contribution in [-0.4, -0.2) is 52.0 Å². The molecule has 0 aliphatic carbocycles. The van der Waals surface area contributed by atoms with E-state index in [-0.39, 0.29) is 24.5 Å². The molecule has 2 aromatic heterocycles. The van der Waals surface area contributed by atoms with Crippen LogP contribution in [0.4, 0.5) is 0 Å². The molecule has 2 atom stereocenters. The van der Waals surface area contributed by atoms with Crippen LogP contribution >= 0.6 is 0 Å². The second-order valence-electron chi connectivity index (χ2n) is 6.56. The molecule has 24 heavy (non-hydrogen) atoms. The first-order valence-corrected chi connectivity index (χ1v) is 8.20. The minimum Gasteiger partial charge on any atom is -0.379 e. The number of rotatable bonds is 5. The Morgan fingerprint density at radius 2 is 2.08 bits per heavy atom. The van der Waals surface area contributed by atoms with E-state index < -0.39 is 0 Å². The molecule has 0 saturated carbocycles. The topological polar surface area (TPSA) is 73.4 Å². The Labute approximate surface area is 141 Å². The van der Waals surface area contributed by atoms with Crippen molar-refractivity contribution >= 4 is 5.91 Å². The van der Waals surface area contributed by atoms with Gasteiger partial charge in [0.05, 0.1) is 17.5 Å². The van der Waals surface area contributed by atoms with Gasteiger partial charge in [0, 0.05) is 44.3 Å². The highest BCUT2D eigenvalue weighted by atomic mass is 16.5. The van der Waals surface area contributed by atoms with Crippen molar-refractivity contribution in [2.45, 2.75) is 39.8 Å². The number of ether oxygens (including phenoxy) is 1. The van der Waals surface area contributed by atoms with Gasteiger partial charge < -0.3 is 14.2 Å². The average molecular weight is 332 g/mol. The number of hydrogen-bond donors (Lipinski definition) is 0. The zero-order valence-corrected chi connectivity index (χ0v) is 14.7. The van der Waals surface area contributed by atoms with Crippen LogP contribution in [0.25, 0.3) is 0 Å². The van der Waals surface area contributed by atoms with E-state index in [9.17, 15) is 4.79 Å². The number of carbonyl (C=O) groups is 1. The van der Waals surface area contributed by atoms with E-state index in [1.54, 1.807) is 11.8 Å². The summed E-state index contributed by atoms with van der Waals surface area (Å²) in [5, 5.41) is 8.29. The smallest absolute Gasteiger partial charge is 0.244 e. The van der Waals surface area contributed by atoms with Crippen LogP contribution < -0.4 is 0 Å². The lowest BCUT2D eigenvalue weighted by Gasteiger charge is -2.16. The standard InChI is InChI=1S/C17H24N4O3/c1-11-5-13(3)21(18-11)10-17(22)20-8-14(16(9-20)23-4)7-15-6-12(2)19-24-15/h5-6,14,16H,7-10H2,1-4H3/t14-,16+/m1/s1. The summed E-state index contributed by atoms with van der Waals surface area (Å²) in [6, 6.07) is 3.91. The van der Waals surface area contributed by atoms with Gasteiger partial charge in [-0.15, -0.1) is 0 Å². The molecular formula is C17H24N4O3. The molecule has 2 aromatic rings. The monoisotopic (exact) mass is 332 g/mol. The number of amides is 1. The molecule has 3 rings (SSSR count). The molecule has 0 radical (unpaired) electrons. The van der Waals surface area contributed by atoms with E-state index in [1.165, 1.54) is 0 Å². The van der Waals surface area contributed by atoms with Gasteiger partial charge >= 0.3 is 0 Å². The summed E-state index contributed by atoms with van der Waals surface area (Å²) in [5.74, 6) is 1.12. The zero-order valence-electron chi connectivity index (χ0n) is 14.7. The Morgan fingerprint density at radius 3 is 2.67 bits per heavy atom. The van der Waals surface area contributed by atoms with Crippen molar-refractivity contribution in [2.75, 3.05) is 20.2 Å². The van der Waals surface area contributed by atoms with Gasteiger partial charge in [0.25, 0.3) is 0 Å². The first-order chi connectivity index (χ1) is 11.5. The molecule has 7 heteroatoms. The fraction of sp³-hybridized carbons (Fsp3) is 0.588. The van der Waals surface area contributed by atoms with Crippen LogP contribution in [0, 0.1) is 26.7 Å². The number of aromatic nitrogens is 3. The molecule has 3 heterocycles. The highest BCUT2D eigenvalue weighted by Crippen LogP contribution is 2.24. The summed E-state index contributed by atoms with van der Waals surface area (Å²) in [6.45, 7) is 7.33. The van der Waals surface area contributed by atoms with E-state index in [4.69, 9.17) is 9.26 Å². The highest BCUT2D eigenvalue weighted by Gasteiger charge is 2.36. The van der Waals surface area contributed by atoms with Crippen molar-refractivity contribution in [2.24, 2.45) is 5.92 Å². The van der Waals surface area contributed by atoms with E-state index in [0.29, 0.717) is 13.1 Å². The van der Waals surface area contributed by atoms with Crippen LogP contribution in [-0.2, 0) is 22.5 Å². The predicted octanol–water partition coefficient (Wildman–Crippen LogP) is 1.51. The molecule has 0 spiro atoms. The third-order valence-corrected chi connectivity index (χ3v) is 4.56. The molecule has 1 aliphatic heterocycles. The fourth-order valence-electron chi connectivity index (χ4n) is 3.34. The maximum Gasteiger partial charge on any atom is 0.244 e. The van der Waals surface area contributed by atoms with Gasteiger partial charge in [-0.05, 0) is 26.8 Å². The Hall–Kier alpha value is -2.15. The molecule has 7 nitrogen and oxygen atoms in total. The molecule has 0 aromatic carbocycles. The van der Waals surface area contributed by atoms with Crippen LogP contribution in [0.2, 0.25) is 0 Å². The van der Waals surface area contributed by atoms with Crippen molar-refractivity contribution < 1.29 is 14.1 Å². The van der Waals surface area contributed by atoms with Crippen molar-refractivity contribution in [3.8, 4) is 0 Å². The van der Waals surface area contributed by atoms with Crippen LogP contribution in [0.3, 0.4) is 0 Å². The summed E-state index contributed by atoms with van der Waals surface area (Å²) in [5.41, 5.74) is 2.79. The van der Waals surface area contributed by atoms with Gasteiger partial charge in [-0.25, -0.2) is 0 Å². The molecule has 0 unspecified atom stereocenters. The first-order valence-electron chi connectivity index (χ1n) is 8.20. The van der Waals surface area contributed by atoms with Crippen molar-refractivity contribution in [3.63, 3.8) is 0 Å². The summed E-state index contributed by atoms with van der Waals surface area (Å²) in [4.78, 5) is 14.5. The first kappa shape index (κ1) is 16.7. The number of likely N-dealkylation sites (tertiary alicyclic amines) is 1. The lowest BCUT2D eigenvalue weighted by molar-refractivity contribution is -0.131. The van der Waals surface area contributed by atoms with Gasteiger partial charge in [-0.1, -0.05) is 5.16 Å². The lowest BCUT2D eigenvalue weighted by atomic mass is 10.0. The molecule has 1 aliphatic rings. The maximum absolute atomic E-state index is 12.6. The Kier molecular flexibility index (Phi) is 4.71. The van der Waals surface area contributed by atoms with Crippen molar-refractivity contribution in [1.29, 1.82) is 0 Å². The second-order valence-corrected chi connectivity index (χ2v) is 6.56. The molecule has 1 fully saturated rings.